The minimum Gasteiger partial charge on any atom is -0.466 e. The van der Waals surface area contributed by atoms with E-state index in [0.717, 1.165) is 12.8 Å². The first kappa shape index (κ1) is 14.5. The number of hydrogen-bond donors (Lipinski definition) is 0. The smallest absolute Gasteiger partial charge is 0.333 e. The number of rotatable bonds is 5. The lowest BCUT2D eigenvalue weighted by atomic mass is 9.95. The predicted octanol–water partition coefficient (Wildman–Crippen LogP) is 4.00. The third-order valence-electron chi connectivity index (χ3n) is 3.20. The fourth-order valence-electron chi connectivity index (χ4n) is 1.86. The number of carbonyl (C=O) groups excluding carboxylic acids is 1. The summed E-state index contributed by atoms with van der Waals surface area (Å²) in [4.78, 5) is 11.2. The van der Waals surface area contributed by atoms with Crippen molar-refractivity contribution in [3.8, 4) is 0 Å². The SMILES string of the molecule is COC(=O)C(C)=CCCC(C)c1ccc(C)cc1. The average Bonchev–Trinajstić information content (AvgIpc) is 2.38. The van der Waals surface area contributed by atoms with Gasteiger partial charge in [0.2, 0.25) is 0 Å². The zero-order chi connectivity index (χ0) is 13.5. The first-order valence-corrected chi connectivity index (χ1v) is 6.36. The number of benzene rings is 1. The third-order valence-corrected chi connectivity index (χ3v) is 3.20. The highest BCUT2D eigenvalue weighted by Gasteiger charge is 2.06. The summed E-state index contributed by atoms with van der Waals surface area (Å²) in [5.41, 5.74) is 3.32. The summed E-state index contributed by atoms with van der Waals surface area (Å²) in [6.07, 6.45) is 3.89. The summed E-state index contributed by atoms with van der Waals surface area (Å²) in [7, 11) is 1.41. The number of hydrogen-bond acceptors (Lipinski definition) is 2. The Hall–Kier alpha value is -1.57. The summed E-state index contributed by atoms with van der Waals surface area (Å²) in [5.74, 6) is 0.269. The van der Waals surface area contributed by atoms with Crippen LogP contribution in [0, 0.1) is 6.92 Å². The molecule has 2 heteroatoms. The standard InChI is InChI=1S/C16H22O2/c1-12-8-10-15(11-9-12)13(2)6-5-7-14(3)16(17)18-4/h7-11,13H,5-6H2,1-4H3. The van der Waals surface area contributed by atoms with Crippen LogP contribution in [0.5, 0.6) is 0 Å². The molecule has 2 nitrogen and oxygen atoms in total. The Morgan fingerprint density at radius 3 is 2.50 bits per heavy atom. The maximum Gasteiger partial charge on any atom is 0.333 e. The van der Waals surface area contributed by atoms with Gasteiger partial charge < -0.3 is 4.74 Å². The topological polar surface area (TPSA) is 26.3 Å². The van der Waals surface area contributed by atoms with Crippen LogP contribution in [0.3, 0.4) is 0 Å². The molecule has 0 N–H and O–H groups in total. The Kier molecular flexibility index (Phi) is 5.63. The van der Waals surface area contributed by atoms with Gasteiger partial charge in [0.05, 0.1) is 7.11 Å². The first-order chi connectivity index (χ1) is 8.54. The van der Waals surface area contributed by atoms with Crippen LogP contribution in [0.25, 0.3) is 0 Å². The summed E-state index contributed by atoms with van der Waals surface area (Å²) in [5, 5.41) is 0. The highest BCUT2D eigenvalue weighted by Crippen LogP contribution is 2.21. The largest absolute Gasteiger partial charge is 0.466 e. The maximum atomic E-state index is 11.2. The van der Waals surface area contributed by atoms with Gasteiger partial charge in [-0.1, -0.05) is 42.8 Å². The first-order valence-electron chi connectivity index (χ1n) is 6.36. The Bertz CT molecular complexity index is 415. The normalized spacial score (nSPS) is 13.2. The van der Waals surface area contributed by atoms with Crippen LogP contribution in [0.2, 0.25) is 0 Å². The van der Waals surface area contributed by atoms with Gasteiger partial charge in [-0.2, -0.15) is 0 Å². The third kappa shape index (κ3) is 4.36. The zero-order valence-corrected chi connectivity index (χ0v) is 11.7. The van der Waals surface area contributed by atoms with Crippen LogP contribution in [0.4, 0.5) is 0 Å². The van der Waals surface area contributed by atoms with Crippen molar-refractivity contribution in [3.05, 3.63) is 47.0 Å². The van der Waals surface area contributed by atoms with Crippen LogP contribution in [-0.2, 0) is 9.53 Å². The van der Waals surface area contributed by atoms with E-state index >= 15 is 0 Å². The molecule has 0 spiro atoms. The molecule has 0 saturated heterocycles. The molecular weight excluding hydrogens is 224 g/mol. The van der Waals surface area contributed by atoms with Crippen molar-refractivity contribution in [2.45, 2.75) is 39.5 Å². The Morgan fingerprint density at radius 2 is 1.94 bits per heavy atom. The van der Waals surface area contributed by atoms with E-state index in [2.05, 4.69) is 42.8 Å². The van der Waals surface area contributed by atoms with Gasteiger partial charge in [-0.15, -0.1) is 0 Å². The molecule has 1 atom stereocenters. The van der Waals surface area contributed by atoms with Crippen molar-refractivity contribution in [2.75, 3.05) is 7.11 Å². The van der Waals surface area contributed by atoms with Gasteiger partial charge >= 0.3 is 5.97 Å². The molecule has 0 heterocycles. The molecule has 1 aromatic carbocycles. The summed E-state index contributed by atoms with van der Waals surface area (Å²) in [6.45, 7) is 6.10. The van der Waals surface area contributed by atoms with Gasteiger partial charge in [0.25, 0.3) is 0 Å². The van der Waals surface area contributed by atoms with Crippen molar-refractivity contribution >= 4 is 5.97 Å². The van der Waals surface area contributed by atoms with Crippen molar-refractivity contribution < 1.29 is 9.53 Å². The minimum atomic E-state index is -0.238. The quantitative estimate of drug-likeness (QED) is 0.580. The molecule has 98 valence electrons. The molecule has 0 fully saturated rings. The second-order valence-electron chi connectivity index (χ2n) is 4.77. The summed E-state index contributed by atoms with van der Waals surface area (Å²) < 4.78 is 4.66. The van der Waals surface area contributed by atoms with Crippen LogP contribution < -0.4 is 0 Å². The number of methoxy groups -OCH3 is 1. The monoisotopic (exact) mass is 246 g/mol. The lowest BCUT2D eigenvalue weighted by molar-refractivity contribution is -0.136. The average molecular weight is 246 g/mol. The van der Waals surface area contributed by atoms with Crippen molar-refractivity contribution in [3.63, 3.8) is 0 Å². The maximum absolute atomic E-state index is 11.2. The number of ether oxygens (including phenoxy) is 1. The minimum absolute atomic E-state index is 0.238. The molecule has 1 unspecified atom stereocenters. The number of aryl methyl sites for hydroxylation is 1. The lowest BCUT2D eigenvalue weighted by Gasteiger charge is -2.11. The van der Waals surface area contributed by atoms with E-state index in [-0.39, 0.29) is 5.97 Å². The summed E-state index contributed by atoms with van der Waals surface area (Å²) >= 11 is 0. The molecule has 0 bridgehead atoms. The lowest BCUT2D eigenvalue weighted by Crippen LogP contribution is -2.01. The number of carbonyl (C=O) groups is 1. The molecule has 18 heavy (non-hydrogen) atoms. The van der Waals surface area contributed by atoms with E-state index in [4.69, 9.17) is 0 Å². The van der Waals surface area contributed by atoms with Gasteiger partial charge in [0.1, 0.15) is 0 Å². The van der Waals surface area contributed by atoms with E-state index in [1.165, 1.54) is 18.2 Å². The second-order valence-corrected chi connectivity index (χ2v) is 4.77. The van der Waals surface area contributed by atoms with Crippen molar-refractivity contribution in [1.82, 2.24) is 0 Å². The Labute approximate surface area is 110 Å². The molecule has 0 amide bonds. The van der Waals surface area contributed by atoms with E-state index in [0.29, 0.717) is 11.5 Å². The van der Waals surface area contributed by atoms with Gasteiger partial charge in [-0.25, -0.2) is 4.79 Å². The molecule has 0 aliphatic rings. The fraction of sp³-hybridized carbons (Fsp3) is 0.438. The molecule has 0 saturated carbocycles. The highest BCUT2D eigenvalue weighted by atomic mass is 16.5. The summed E-state index contributed by atoms with van der Waals surface area (Å²) in [6, 6.07) is 8.64. The van der Waals surface area contributed by atoms with Crippen LogP contribution in [-0.4, -0.2) is 13.1 Å². The Morgan fingerprint density at radius 1 is 1.33 bits per heavy atom. The number of allylic oxidation sites excluding steroid dienone is 1. The van der Waals surface area contributed by atoms with E-state index < -0.39 is 0 Å². The van der Waals surface area contributed by atoms with Gasteiger partial charge in [-0.05, 0) is 38.2 Å². The van der Waals surface area contributed by atoms with Gasteiger partial charge in [0, 0.05) is 5.57 Å². The molecule has 0 aromatic heterocycles. The predicted molar refractivity (Wildman–Crippen MR) is 74.6 cm³/mol. The molecule has 0 radical (unpaired) electrons. The van der Waals surface area contributed by atoms with Crippen LogP contribution in [0.15, 0.2) is 35.9 Å². The van der Waals surface area contributed by atoms with E-state index in [9.17, 15) is 4.79 Å². The van der Waals surface area contributed by atoms with Crippen molar-refractivity contribution in [2.24, 2.45) is 0 Å². The molecule has 1 aromatic rings. The van der Waals surface area contributed by atoms with E-state index in [1.807, 2.05) is 6.08 Å². The van der Waals surface area contributed by atoms with Crippen LogP contribution >= 0.6 is 0 Å². The highest BCUT2D eigenvalue weighted by molar-refractivity contribution is 5.87. The molecule has 0 aliphatic carbocycles. The van der Waals surface area contributed by atoms with Crippen molar-refractivity contribution in [1.29, 1.82) is 0 Å². The number of esters is 1. The van der Waals surface area contributed by atoms with Gasteiger partial charge in [0.15, 0.2) is 0 Å². The van der Waals surface area contributed by atoms with Gasteiger partial charge in [-0.3, -0.25) is 0 Å². The molecule has 1 rings (SSSR count). The second kappa shape index (κ2) is 7.00. The fourth-order valence-corrected chi connectivity index (χ4v) is 1.86. The van der Waals surface area contributed by atoms with E-state index in [1.54, 1.807) is 6.92 Å². The zero-order valence-electron chi connectivity index (χ0n) is 11.7. The van der Waals surface area contributed by atoms with Crippen LogP contribution in [0.1, 0.15) is 43.7 Å². The molecule has 0 aliphatic heterocycles. The molecular formula is C16H22O2. The Balaban J connectivity index is 2.49.